The molecule has 9 nitrogen and oxygen atoms in total. The van der Waals surface area contributed by atoms with Crippen molar-refractivity contribution in [1.82, 2.24) is 0 Å². The van der Waals surface area contributed by atoms with Crippen LogP contribution in [0.1, 0.15) is 70.6 Å². The van der Waals surface area contributed by atoms with Crippen LogP contribution < -0.4 is 9.47 Å². The highest BCUT2D eigenvalue weighted by Crippen LogP contribution is 2.34. The van der Waals surface area contributed by atoms with Crippen LogP contribution in [0, 0.1) is 5.92 Å². The SMILES string of the molecule is O=C(CCC/C=C\C[C@H]1C(=O)C[C@@H](OC2CCCCO2)[C@@H]1OCC(COc1ccccc1)OC1CCCCO1)Oc1ccc2ccccc2c1. The third-order valence-corrected chi connectivity index (χ3v) is 9.44. The lowest BCUT2D eigenvalue weighted by Crippen LogP contribution is -2.40. The standard InChI is InChI=1S/C41H50O9/c42-36-27-37(50-40-21-11-13-25-45-40)41(47-29-34(49-39-20-10-12-24-44-39)28-46-32-16-4-3-5-17-32)35(36)18-6-1-2-7-19-38(43)48-33-23-22-30-14-8-9-15-31(30)26-33/h1,3-6,8-9,14-17,22-23,26,34-35,37,39-41H,2,7,10-13,18-21,24-25,27-29H2/b6-1-/t34?,35-,37+,39?,40?,41+/m0/s1. The molecule has 2 heterocycles. The van der Waals surface area contributed by atoms with E-state index < -0.39 is 18.3 Å². The van der Waals surface area contributed by atoms with Crippen molar-refractivity contribution >= 4 is 22.5 Å². The van der Waals surface area contributed by atoms with Gasteiger partial charge in [-0.25, -0.2) is 0 Å². The van der Waals surface area contributed by atoms with Crippen LogP contribution in [-0.2, 0) is 33.3 Å². The second-order valence-electron chi connectivity index (χ2n) is 13.3. The molecule has 0 aromatic heterocycles. The van der Waals surface area contributed by atoms with Crippen LogP contribution in [0.5, 0.6) is 11.5 Å². The van der Waals surface area contributed by atoms with Crippen LogP contribution >= 0.6 is 0 Å². The smallest absolute Gasteiger partial charge is 0.311 e. The number of ketones is 1. The number of para-hydroxylation sites is 1. The predicted octanol–water partition coefficient (Wildman–Crippen LogP) is 7.74. The first-order valence-electron chi connectivity index (χ1n) is 18.3. The Hall–Kier alpha value is -3.60. The van der Waals surface area contributed by atoms with Crippen molar-refractivity contribution in [1.29, 1.82) is 0 Å². The normalized spacial score (nSPS) is 24.8. The highest BCUT2D eigenvalue weighted by atomic mass is 16.7. The van der Waals surface area contributed by atoms with Crippen molar-refractivity contribution < 1.29 is 42.7 Å². The summed E-state index contributed by atoms with van der Waals surface area (Å²) < 4.78 is 42.7. The van der Waals surface area contributed by atoms with Gasteiger partial charge in [0.25, 0.3) is 0 Å². The zero-order valence-electron chi connectivity index (χ0n) is 28.8. The summed E-state index contributed by atoms with van der Waals surface area (Å²) in [5.41, 5.74) is 0. The molecule has 268 valence electrons. The highest BCUT2D eigenvalue weighted by Gasteiger charge is 2.45. The first-order chi connectivity index (χ1) is 24.6. The summed E-state index contributed by atoms with van der Waals surface area (Å²) in [5.74, 6) is 0.801. The van der Waals surface area contributed by atoms with Crippen LogP contribution in [0.4, 0.5) is 0 Å². The zero-order chi connectivity index (χ0) is 34.4. The lowest BCUT2D eigenvalue weighted by Gasteiger charge is -2.32. The van der Waals surface area contributed by atoms with Crippen molar-refractivity contribution in [3.63, 3.8) is 0 Å². The van der Waals surface area contributed by atoms with Gasteiger partial charge in [0.1, 0.15) is 30.0 Å². The molecule has 50 heavy (non-hydrogen) atoms. The molecule has 0 N–H and O–H groups in total. The summed E-state index contributed by atoms with van der Waals surface area (Å²) in [6.45, 7) is 1.85. The maximum absolute atomic E-state index is 13.4. The summed E-state index contributed by atoms with van der Waals surface area (Å²) in [5, 5.41) is 2.13. The summed E-state index contributed by atoms with van der Waals surface area (Å²) in [6.07, 6.45) is 10.4. The van der Waals surface area contributed by atoms with Gasteiger partial charge < -0.3 is 33.2 Å². The van der Waals surface area contributed by atoms with Crippen LogP contribution in [-0.4, -0.2) is 69.1 Å². The van der Waals surface area contributed by atoms with Gasteiger partial charge in [0.05, 0.1) is 24.7 Å². The van der Waals surface area contributed by atoms with E-state index in [1.54, 1.807) is 0 Å². The molecule has 3 aliphatic rings. The number of unbranched alkanes of at least 4 members (excludes halogenated alkanes) is 1. The minimum atomic E-state index is -0.454. The lowest BCUT2D eigenvalue weighted by molar-refractivity contribution is -0.226. The maximum atomic E-state index is 13.4. The monoisotopic (exact) mass is 686 g/mol. The van der Waals surface area contributed by atoms with Crippen LogP contribution in [0.2, 0.25) is 0 Å². The van der Waals surface area contributed by atoms with E-state index in [9.17, 15) is 9.59 Å². The maximum Gasteiger partial charge on any atom is 0.311 e. The minimum absolute atomic E-state index is 0.119. The Labute approximate surface area is 295 Å². The molecule has 0 bridgehead atoms. The van der Waals surface area contributed by atoms with Crippen LogP contribution in [0.3, 0.4) is 0 Å². The third-order valence-electron chi connectivity index (χ3n) is 9.44. The van der Waals surface area contributed by atoms with E-state index in [1.165, 1.54) is 0 Å². The van der Waals surface area contributed by atoms with Gasteiger partial charge in [0.2, 0.25) is 0 Å². The van der Waals surface area contributed by atoms with Gasteiger partial charge in [-0.2, -0.15) is 0 Å². The molecule has 2 saturated heterocycles. The first kappa shape index (κ1) is 36.2. The molecular formula is C41H50O9. The van der Waals surface area contributed by atoms with E-state index in [0.29, 0.717) is 44.6 Å². The average molecular weight is 687 g/mol. The highest BCUT2D eigenvalue weighted by molar-refractivity contribution is 5.85. The van der Waals surface area contributed by atoms with Crippen molar-refractivity contribution in [2.24, 2.45) is 5.92 Å². The summed E-state index contributed by atoms with van der Waals surface area (Å²) in [6, 6.07) is 23.3. The molecule has 0 spiro atoms. The van der Waals surface area contributed by atoms with Gasteiger partial charge in [-0.05, 0) is 92.8 Å². The van der Waals surface area contributed by atoms with Crippen molar-refractivity contribution in [3.05, 3.63) is 84.9 Å². The van der Waals surface area contributed by atoms with Gasteiger partial charge in [-0.3, -0.25) is 9.59 Å². The molecule has 1 aliphatic carbocycles. The van der Waals surface area contributed by atoms with Gasteiger partial charge in [0.15, 0.2) is 12.6 Å². The first-order valence-corrected chi connectivity index (χ1v) is 18.3. The van der Waals surface area contributed by atoms with E-state index in [-0.39, 0.29) is 49.9 Å². The van der Waals surface area contributed by atoms with Crippen LogP contribution in [0.15, 0.2) is 84.9 Å². The Morgan fingerprint density at radius 3 is 2.36 bits per heavy atom. The van der Waals surface area contributed by atoms with Crippen molar-refractivity contribution in [2.45, 2.75) is 102 Å². The van der Waals surface area contributed by atoms with Gasteiger partial charge in [-0.15, -0.1) is 0 Å². The Morgan fingerprint density at radius 2 is 1.58 bits per heavy atom. The predicted molar refractivity (Wildman–Crippen MR) is 189 cm³/mol. The van der Waals surface area contributed by atoms with Crippen molar-refractivity contribution in [2.75, 3.05) is 26.4 Å². The third kappa shape index (κ3) is 10.9. The molecule has 0 amide bonds. The van der Waals surface area contributed by atoms with E-state index >= 15 is 0 Å². The Kier molecular flexibility index (Phi) is 13.8. The molecule has 3 aromatic carbocycles. The topological polar surface area (TPSA) is 98.8 Å². The largest absolute Gasteiger partial charge is 0.491 e. The van der Waals surface area contributed by atoms with E-state index in [4.69, 9.17) is 33.2 Å². The van der Waals surface area contributed by atoms with Gasteiger partial charge >= 0.3 is 5.97 Å². The quantitative estimate of drug-likeness (QED) is 0.0611. The molecule has 6 atom stereocenters. The number of esters is 1. The Balaban J connectivity index is 1.03. The average Bonchev–Trinajstić information content (AvgIpc) is 3.44. The summed E-state index contributed by atoms with van der Waals surface area (Å²) in [7, 11) is 0. The summed E-state index contributed by atoms with van der Waals surface area (Å²) in [4.78, 5) is 25.9. The fourth-order valence-electron chi connectivity index (χ4n) is 6.76. The fraction of sp³-hybridized carbons (Fsp3) is 0.512. The molecule has 6 rings (SSSR count). The molecular weight excluding hydrogens is 636 g/mol. The van der Waals surface area contributed by atoms with E-state index in [2.05, 4.69) is 0 Å². The second-order valence-corrected chi connectivity index (χ2v) is 13.3. The second kappa shape index (κ2) is 19.1. The molecule has 2 aliphatic heterocycles. The molecule has 0 radical (unpaired) electrons. The number of allylic oxidation sites excluding steroid dienone is 2. The molecule has 1 saturated carbocycles. The number of rotatable bonds is 17. The minimum Gasteiger partial charge on any atom is -0.491 e. The molecule has 3 fully saturated rings. The number of hydrogen-bond donors (Lipinski definition) is 0. The van der Waals surface area contributed by atoms with E-state index in [0.717, 1.165) is 55.0 Å². The molecule has 9 heteroatoms. The van der Waals surface area contributed by atoms with Gasteiger partial charge in [0, 0.05) is 26.1 Å². The number of Topliss-reactive ketones (excluding diaryl/α,β-unsaturated/α-hetero) is 1. The number of benzene rings is 3. The van der Waals surface area contributed by atoms with Gasteiger partial charge in [-0.1, -0.05) is 60.7 Å². The number of hydrogen-bond acceptors (Lipinski definition) is 9. The summed E-state index contributed by atoms with van der Waals surface area (Å²) >= 11 is 0. The number of ether oxygens (including phenoxy) is 7. The number of fused-ring (bicyclic) bond motifs is 1. The Bertz CT molecular complexity index is 1510. The fourth-order valence-corrected chi connectivity index (χ4v) is 6.76. The van der Waals surface area contributed by atoms with Crippen LogP contribution in [0.25, 0.3) is 10.8 Å². The lowest BCUT2D eigenvalue weighted by atomic mass is 9.99. The number of carbonyl (C=O) groups is 2. The van der Waals surface area contributed by atoms with E-state index in [1.807, 2.05) is 84.9 Å². The molecule has 3 aromatic rings. The number of carbonyl (C=O) groups excluding carboxylic acids is 2. The molecule has 3 unspecified atom stereocenters. The Morgan fingerprint density at radius 1 is 0.820 bits per heavy atom. The van der Waals surface area contributed by atoms with Crippen molar-refractivity contribution in [3.8, 4) is 11.5 Å². The zero-order valence-corrected chi connectivity index (χ0v) is 28.8.